The fraction of sp³-hybridized carbons (Fsp3) is 0.958. The third kappa shape index (κ3) is 1.74. The molecule has 0 radical (unpaired) electrons. The molecule has 0 spiro atoms. The summed E-state index contributed by atoms with van der Waals surface area (Å²) in [7, 11) is 0. The van der Waals surface area contributed by atoms with Crippen LogP contribution in [0.4, 0.5) is 0 Å². The summed E-state index contributed by atoms with van der Waals surface area (Å²) < 4.78 is 0. The van der Waals surface area contributed by atoms with Crippen LogP contribution in [-0.2, 0) is 4.79 Å². The lowest BCUT2D eigenvalue weighted by molar-refractivity contribution is -0.223. The second kappa shape index (κ2) is 4.83. The highest BCUT2D eigenvalue weighted by Gasteiger charge is 2.81. The van der Waals surface area contributed by atoms with Crippen molar-refractivity contribution in [2.45, 2.75) is 89.8 Å². The van der Waals surface area contributed by atoms with E-state index in [9.17, 15) is 15.0 Å². The van der Waals surface area contributed by atoms with E-state index >= 15 is 0 Å². The molecule has 11 atom stereocenters. The van der Waals surface area contributed by atoms with Crippen molar-refractivity contribution in [1.82, 2.24) is 0 Å². The van der Waals surface area contributed by atoms with Crippen molar-refractivity contribution < 1.29 is 15.0 Å². The highest BCUT2D eigenvalue weighted by molar-refractivity contribution is 5.81. The van der Waals surface area contributed by atoms with E-state index in [1.165, 1.54) is 6.42 Å². The zero-order valence-electron chi connectivity index (χ0n) is 17.2. The van der Waals surface area contributed by atoms with Crippen LogP contribution in [0.25, 0.3) is 0 Å². The monoisotopic (exact) mass is 372 g/mol. The van der Waals surface area contributed by atoms with Gasteiger partial charge in [-0.15, -0.1) is 0 Å². The first-order valence-electron chi connectivity index (χ1n) is 11.7. The Morgan fingerprint density at radius 3 is 2.48 bits per heavy atom. The summed E-state index contributed by atoms with van der Waals surface area (Å²) in [6.45, 7) is 6.96. The van der Waals surface area contributed by atoms with Crippen LogP contribution < -0.4 is 0 Å². The number of Topliss-reactive ketones (excluding diaryl/α,β-unsaturated/α-hetero) is 1. The van der Waals surface area contributed by atoms with Gasteiger partial charge in [0.25, 0.3) is 0 Å². The number of hydrogen-bond donors (Lipinski definition) is 2. The molecule has 27 heavy (non-hydrogen) atoms. The van der Waals surface area contributed by atoms with E-state index in [-0.39, 0.29) is 16.6 Å². The molecule has 6 rings (SSSR count). The van der Waals surface area contributed by atoms with Crippen molar-refractivity contribution in [3.63, 3.8) is 0 Å². The minimum atomic E-state index is -0.747. The average molecular weight is 373 g/mol. The topological polar surface area (TPSA) is 57.5 Å². The van der Waals surface area contributed by atoms with Crippen LogP contribution in [0.2, 0.25) is 0 Å². The molecule has 0 amide bonds. The Morgan fingerprint density at radius 1 is 1.00 bits per heavy atom. The van der Waals surface area contributed by atoms with Crippen molar-refractivity contribution >= 4 is 5.78 Å². The summed E-state index contributed by atoms with van der Waals surface area (Å²) in [6, 6.07) is 0. The van der Waals surface area contributed by atoms with Crippen molar-refractivity contribution in [3.05, 3.63) is 0 Å². The maximum absolute atomic E-state index is 12.2. The Morgan fingerprint density at radius 2 is 1.74 bits per heavy atom. The molecule has 3 unspecified atom stereocenters. The summed E-state index contributed by atoms with van der Waals surface area (Å²) in [5.41, 5.74) is -1.23. The number of aliphatic hydroxyl groups is 2. The first-order valence-corrected chi connectivity index (χ1v) is 11.7. The van der Waals surface area contributed by atoms with Crippen LogP contribution in [0.5, 0.6) is 0 Å². The van der Waals surface area contributed by atoms with Gasteiger partial charge in [-0.2, -0.15) is 0 Å². The molecular formula is C24H36O3. The number of fused-ring (bicyclic) bond motifs is 10. The largest absolute Gasteiger partial charge is 0.389 e. The Labute approximate surface area is 163 Å². The third-order valence-electron chi connectivity index (χ3n) is 11.3. The van der Waals surface area contributed by atoms with Crippen molar-refractivity contribution in [2.75, 3.05) is 0 Å². The molecule has 2 N–H and O–H groups in total. The van der Waals surface area contributed by atoms with Crippen LogP contribution in [0.1, 0.15) is 78.6 Å². The minimum absolute atomic E-state index is 0.0706. The van der Waals surface area contributed by atoms with Gasteiger partial charge in [0, 0.05) is 18.3 Å². The third-order valence-corrected chi connectivity index (χ3v) is 11.3. The van der Waals surface area contributed by atoms with Gasteiger partial charge in [-0.1, -0.05) is 27.2 Å². The van der Waals surface area contributed by atoms with E-state index in [0.29, 0.717) is 48.3 Å². The maximum Gasteiger partial charge on any atom is 0.135 e. The van der Waals surface area contributed by atoms with Crippen LogP contribution >= 0.6 is 0 Å². The van der Waals surface area contributed by atoms with E-state index in [4.69, 9.17) is 0 Å². The van der Waals surface area contributed by atoms with Gasteiger partial charge in [-0.3, -0.25) is 4.79 Å². The highest BCUT2D eigenvalue weighted by Crippen LogP contribution is 2.81. The van der Waals surface area contributed by atoms with Gasteiger partial charge in [0.2, 0.25) is 0 Å². The minimum Gasteiger partial charge on any atom is -0.389 e. The van der Waals surface area contributed by atoms with E-state index < -0.39 is 11.2 Å². The molecule has 6 saturated carbocycles. The van der Waals surface area contributed by atoms with Gasteiger partial charge in [-0.25, -0.2) is 0 Å². The number of carbonyl (C=O) groups excluding carboxylic acids is 1. The van der Waals surface area contributed by atoms with Crippen molar-refractivity contribution in [1.29, 1.82) is 0 Å². The van der Waals surface area contributed by atoms with Crippen LogP contribution in [-0.4, -0.2) is 27.2 Å². The number of ketones is 1. The Hall–Kier alpha value is -0.410. The molecule has 6 aliphatic rings. The lowest BCUT2D eigenvalue weighted by atomic mass is 9.42. The summed E-state index contributed by atoms with van der Waals surface area (Å²) in [5, 5.41) is 23.6. The van der Waals surface area contributed by atoms with Crippen LogP contribution in [0.3, 0.4) is 0 Å². The molecule has 3 heteroatoms. The normalized spacial score (nSPS) is 65.5. The second-order valence-electron chi connectivity index (χ2n) is 11.9. The zero-order chi connectivity index (χ0) is 19.0. The molecule has 6 fully saturated rings. The Balaban J connectivity index is 1.42. The Bertz CT molecular complexity index is 718. The van der Waals surface area contributed by atoms with Crippen LogP contribution in [0, 0.1) is 52.3 Å². The van der Waals surface area contributed by atoms with E-state index in [1.807, 2.05) is 0 Å². The fourth-order valence-corrected chi connectivity index (χ4v) is 9.95. The molecule has 3 nitrogen and oxygen atoms in total. The lowest BCUT2D eigenvalue weighted by Crippen LogP contribution is -2.65. The predicted octanol–water partition coefficient (Wildman–Crippen LogP) is 3.96. The maximum atomic E-state index is 12.2. The molecular weight excluding hydrogens is 336 g/mol. The summed E-state index contributed by atoms with van der Waals surface area (Å²) >= 11 is 0. The molecule has 0 heterocycles. The molecule has 0 aromatic heterocycles. The SMILES string of the molecule is CCC[C@]1(O)[C@H]2C[C@H]2C2C3C(CC[C@@]21C)[C@@]1(C)CCC(=O)C[C@@]1(O)[C@@H]1C[C@H]31. The molecule has 150 valence electrons. The van der Waals surface area contributed by atoms with E-state index in [2.05, 4.69) is 20.8 Å². The van der Waals surface area contributed by atoms with Crippen LogP contribution in [0.15, 0.2) is 0 Å². The second-order valence-corrected chi connectivity index (χ2v) is 11.9. The van der Waals surface area contributed by atoms with Crippen molar-refractivity contribution in [3.8, 4) is 0 Å². The molecule has 0 aromatic rings. The lowest BCUT2D eigenvalue weighted by Gasteiger charge is -2.64. The molecule has 0 saturated heterocycles. The number of hydrogen-bond acceptors (Lipinski definition) is 3. The molecule has 6 aliphatic carbocycles. The standard InChI is InChI=1S/C24H36O3/c1-4-7-23(26)18-11-15(18)20-19-14-10-17(14)24(27)12-13(25)5-8-21(24,2)16(19)6-9-22(20,23)3/h14-20,26-27H,4-12H2,1-3H3/t14-,15+,16?,17+,18-,19?,20?,21+,22-,23-,24+/m0/s1. The summed E-state index contributed by atoms with van der Waals surface area (Å²) in [4.78, 5) is 12.2. The van der Waals surface area contributed by atoms with Gasteiger partial charge in [0.05, 0.1) is 11.2 Å². The van der Waals surface area contributed by atoms with E-state index in [1.54, 1.807) is 0 Å². The quantitative estimate of drug-likeness (QED) is 0.771. The van der Waals surface area contributed by atoms with Gasteiger partial charge in [0.1, 0.15) is 5.78 Å². The zero-order valence-corrected chi connectivity index (χ0v) is 17.2. The molecule has 0 aromatic carbocycles. The molecule has 0 aliphatic heterocycles. The van der Waals surface area contributed by atoms with Gasteiger partial charge >= 0.3 is 0 Å². The number of rotatable bonds is 2. The summed E-state index contributed by atoms with van der Waals surface area (Å²) in [6.07, 6.45) is 8.58. The van der Waals surface area contributed by atoms with Gasteiger partial charge in [-0.05, 0) is 85.4 Å². The first kappa shape index (κ1) is 17.4. The molecule has 0 bridgehead atoms. The highest BCUT2D eigenvalue weighted by atomic mass is 16.3. The fourth-order valence-electron chi connectivity index (χ4n) is 9.95. The summed E-state index contributed by atoms with van der Waals surface area (Å²) in [5.74, 6) is 4.34. The Kier molecular flexibility index (Phi) is 3.12. The van der Waals surface area contributed by atoms with Gasteiger partial charge < -0.3 is 10.2 Å². The van der Waals surface area contributed by atoms with E-state index in [0.717, 1.165) is 44.4 Å². The smallest absolute Gasteiger partial charge is 0.135 e. The predicted molar refractivity (Wildman–Crippen MR) is 103 cm³/mol. The number of carbonyl (C=O) groups is 1. The van der Waals surface area contributed by atoms with Gasteiger partial charge in [0.15, 0.2) is 0 Å². The first-order chi connectivity index (χ1) is 12.7. The average Bonchev–Trinajstić information content (AvgIpc) is 3.49. The van der Waals surface area contributed by atoms with Crippen molar-refractivity contribution in [2.24, 2.45) is 52.3 Å².